The van der Waals surface area contributed by atoms with Gasteiger partial charge in [-0.3, -0.25) is 0 Å². The van der Waals surface area contributed by atoms with Crippen molar-refractivity contribution in [2.24, 2.45) is 10.9 Å². The van der Waals surface area contributed by atoms with Crippen molar-refractivity contribution in [3.63, 3.8) is 0 Å². The Kier molecular flexibility index (Phi) is 11.4. The Morgan fingerprint density at radius 2 is 1.86 bits per heavy atom. The van der Waals surface area contributed by atoms with E-state index in [4.69, 9.17) is 9.73 Å². The van der Waals surface area contributed by atoms with Crippen molar-refractivity contribution >= 4 is 40.0 Å². The van der Waals surface area contributed by atoms with Crippen LogP contribution in [-0.2, 0) is 21.3 Å². The zero-order chi connectivity index (χ0) is 20.6. The van der Waals surface area contributed by atoms with E-state index < -0.39 is 10.0 Å². The molecule has 1 aliphatic rings. The molecule has 9 heteroatoms. The second-order valence-corrected chi connectivity index (χ2v) is 9.45. The fraction of sp³-hybridized carbons (Fsp3) is 0.650. The van der Waals surface area contributed by atoms with Crippen LogP contribution in [-0.4, -0.2) is 71.0 Å². The molecule has 0 atom stereocenters. The summed E-state index contributed by atoms with van der Waals surface area (Å²) in [6.07, 6.45) is 3.35. The number of sulfonamides is 1. The first-order valence-corrected chi connectivity index (χ1v) is 11.4. The van der Waals surface area contributed by atoms with Gasteiger partial charge in [-0.15, -0.1) is 24.0 Å². The summed E-state index contributed by atoms with van der Waals surface area (Å²) in [4.78, 5) is 7.14. The average Bonchev–Trinajstić information content (AvgIpc) is 2.70. The van der Waals surface area contributed by atoms with Crippen molar-refractivity contribution in [3.05, 3.63) is 29.8 Å². The molecule has 0 aromatic heterocycles. The van der Waals surface area contributed by atoms with E-state index >= 15 is 0 Å². The molecule has 1 heterocycles. The molecule has 0 aliphatic carbocycles. The van der Waals surface area contributed by atoms with Gasteiger partial charge in [-0.05, 0) is 43.7 Å². The van der Waals surface area contributed by atoms with Crippen LogP contribution in [0, 0.1) is 5.92 Å². The Bertz CT molecular complexity index is 750. The third kappa shape index (κ3) is 7.69. The number of nitrogens with zero attached hydrogens (tertiary/aromatic N) is 3. The lowest BCUT2D eigenvalue weighted by Gasteiger charge is -2.27. The van der Waals surface area contributed by atoms with Crippen LogP contribution in [0.25, 0.3) is 0 Å². The van der Waals surface area contributed by atoms with Gasteiger partial charge in [0, 0.05) is 47.4 Å². The van der Waals surface area contributed by atoms with Gasteiger partial charge in [-0.2, -0.15) is 0 Å². The van der Waals surface area contributed by atoms with E-state index in [-0.39, 0.29) is 24.0 Å². The molecule has 0 bridgehead atoms. The minimum Gasteiger partial charge on any atom is -0.381 e. The molecule has 1 saturated heterocycles. The highest BCUT2D eigenvalue weighted by Gasteiger charge is 2.21. The fourth-order valence-corrected chi connectivity index (χ4v) is 4.34. The van der Waals surface area contributed by atoms with Crippen LogP contribution in [0.3, 0.4) is 0 Å². The number of nitrogens with one attached hydrogen (secondary N) is 1. The highest BCUT2D eigenvalue weighted by molar-refractivity contribution is 14.0. The summed E-state index contributed by atoms with van der Waals surface area (Å²) in [5, 5.41) is 3.31. The molecular weight excluding hydrogens is 503 g/mol. The summed E-state index contributed by atoms with van der Waals surface area (Å²) in [6, 6.07) is 7.06. The summed E-state index contributed by atoms with van der Waals surface area (Å²) in [5.74, 6) is 1.50. The molecule has 0 radical (unpaired) electrons. The molecule has 1 fully saturated rings. The van der Waals surface area contributed by atoms with E-state index in [1.165, 1.54) is 4.31 Å². The lowest BCUT2D eigenvalue weighted by molar-refractivity contribution is 0.0625. The molecule has 166 valence electrons. The molecule has 1 aromatic rings. The first kappa shape index (κ1) is 26.1. The molecule has 1 aromatic carbocycles. The molecule has 1 N–H and O–H groups in total. The third-order valence-electron chi connectivity index (χ3n) is 5.04. The van der Waals surface area contributed by atoms with E-state index in [9.17, 15) is 8.42 Å². The number of rotatable bonds is 8. The van der Waals surface area contributed by atoms with Gasteiger partial charge in [0.1, 0.15) is 0 Å². The maximum Gasteiger partial charge on any atom is 0.242 e. The van der Waals surface area contributed by atoms with Gasteiger partial charge in [0.25, 0.3) is 0 Å². The second kappa shape index (κ2) is 12.7. The standard InChI is InChI=1S/C20H34N4O3S.HI/c1-5-21-20(24(4)13-10-17-11-14-27-15-12-17)22-16-18-8-6-7-9-19(18)28(25,26)23(2)3;/h6-9,17H,5,10-16H2,1-4H3,(H,21,22);1H. The van der Waals surface area contributed by atoms with Gasteiger partial charge in [0.2, 0.25) is 10.0 Å². The zero-order valence-electron chi connectivity index (χ0n) is 17.9. The first-order valence-electron chi connectivity index (χ1n) is 9.94. The topological polar surface area (TPSA) is 74.2 Å². The fourth-order valence-electron chi connectivity index (χ4n) is 3.23. The minimum atomic E-state index is -3.49. The quantitative estimate of drug-likeness (QED) is 0.313. The predicted octanol–water partition coefficient (Wildman–Crippen LogP) is 2.77. The molecular formula is C20H35IN4O3S. The van der Waals surface area contributed by atoms with Crippen molar-refractivity contribution < 1.29 is 13.2 Å². The predicted molar refractivity (Wildman–Crippen MR) is 128 cm³/mol. The minimum absolute atomic E-state index is 0. The molecule has 0 unspecified atom stereocenters. The SMILES string of the molecule is CCNC(=NCc1ccccc1S(=O)(=O)N(C)C)N(C)CCC1CCOCC1.I. The molecule has 7 nitrogen and oxygen atoms in total. The number of hydrogen-bond donors (Lipinski definition) is 1. The summed E-state index contributed by atoms with van der Waals surface area (Å²) in [6.45, 7) is 5.74. The van der Waals surface area contributed by atoms with Crippen LogP contribution in [0.4, 0.5) is 0 Å². The Morgan fingerprint density at radius 1 is 1.21 bits per heavy atom. The van der Waals surface area contributed by atoms with E-state index in [0.29, 0.717) is 22.9 Å². The van der Waals surface area contributed by atoms with E-state index in [2.05, 4.69) is 10.2 Å². The van der Waals surface area contributed by atoms with Crippen LogP contribution < -0.4 is 5.32 Å². The average molecular weight is 538 g/mol. The van der Waals surface area contributed by atoms with Crippen molar-refractivity contribution in [2.45, 2.75) is 37.6 Å². The number of halogens is 1. The monoisotopic (exact) mass is 538 g/mol. The third-order valence-corrected chi connectivity index (χ3v) is 6.96. The van der Waals surface area contributed by atoms with Gasteiger partial charge >= 0.3 is 0 Å². The Labute approximate surface area is 193 Å². The molecule has 0 saturated carbocycles. The number of aliphatic imine (C=N–C) groups is 1. The Balaban J connectivity index is 0.00000420. The van der Waals surface area contributed by atoms with Gasteiger partial charge in [-0.1, -0.05) is 18.2 Å². The number of guanidine groups is 1. The normalized spacial score (nSPS) is 15.8. The van der Waals surface area contributed by atoms with Crippen molar-refractivity contribution in [3.8, 4) is 0 Å². The first-order chi connectivity index (χ1) is 13.4. The molecule has 1 aliphatic heterocycles. The van der Waals surface area contributed by atoms with Crippen LogP contribution in [0.15, 0.2) is 34.2 Å². The van der Waals surface area contributed by atoms with Gasteiger partial charge in [-0.25, -0.2) is 17.7 Å². The van der Waals surface area contributed by atoms with E-state index in [1.807, 2.05) is 26.1 Å². The van der Waals surface area contributed by atoms with Crippen molar-refractivity contribution in [1.82, 2.24) is 14.5 Å². The summed E-state index contributed by atoms with van der Waals surface area (Å²) < 4.78 is 31.8. The highest BCUT2D eigenvalue weighted by Crippen LogP contribution is 2.20. The number of hydrogen-bond acceptors (Lipinski definition) is 4. The van der Waals surface area contributed by atoms with Crippen LogP contribution in [0.2, 0.25) is 0 Å². The molecule has 29 heavy (non-hydrogen) atoms. The highest BCUT2D eigenvalue weighted by atomic mass is 127. The maximum atomic E-state index is 12.6. The van der Waals surface area contributed by atoms with Gasteiger partial charge < -0.3 is 15.0 Å². The summed E-state index contributed by atoms with van der Waals surface area (Å²) in [7, 11) is 1.63. The molecule has 2 rings (SSSR count). The van der Waals surface area contributed by atoms with Crippen LogP contribution in [0.5, 0.6) is 0 Å². The lowest BCUT2D eigenvalue weighted by atomic mass is 9.96. The van der Waals surface area contributed by atoms with Crippen LogP contribution in [0.1, 0.15) is 31.7 Å². The van der Waals surface area contributed by atoms with E-state index in [0.717, 1.165) is 51.5 Å². The smallest absolute Gasteiger partial charge is 0.242 e. The maximum absolute atomic E-state index is 12.6. The van der Waals surface area contributed by atoms with E-state index in [1.54, 1.807) is 26.2 Å². The molecule has 0 spiro atoms. The van der Waals surface area contributed by atoms with Crippen LogP contribution >= 0.6 is 24.0 Å². The number of benzene rings is 1. The van der Waals surface area contributed by atoms with Crippen molar-refractivity contribution in [2.75, 3.05) is 47.4 Å². The second-order valence-electron chi connectivity index (χ2n) is 7.33. The Morgan fingerprint density at radius 3 is 2.48 bits per heavy atom. The van der Waals surface area contributed by atoms with Gasteiger partial charge in [0.05, 0.1) is 11.4 Å². The van der Waals surface area contributed by atoms with Gasteiger partial charge in [0.15, 0.2) is 5.96 Å². The summed E-state index contributed by atoms with van der Waals surface area (Å²) in [5.41, 5.74) is 0.699. The number of ether oxygens (including phenoxy) is 1. The van der Waals surface area contributed by atoms with Crippen molar-refractivity contribution in [1.29, 1.82) is 0 Å². The largest absolute Gasteiger partial charge is 0.381 e. The molecule has 0 amide bonds. The Hall–Kier alpha value is -0.910. The zero-order valence-corrected chi connectivity index (χ0v) is 21.1. The summed E-state index contributed by atoms with van der Waals surface area (Å²) >= 11 is 0. The lowest BCUT2D eigenvalue weighted by Crippen LogP contribution is -2.40.